The van der Waals surface area contributed by atoms with Crippen molar-refractivity contribution in [3.63, 3.8) is 0 Å². The van der Waals surface area contributed by atoms with Crippen molar-refractivity contribution in [2.75, 3.05) is 6.61 Å². The van der Waals surface area contributed by atoms with E-state index in [2.05, 4.69) is 0 Å². The third kappa shape index (κ3) is 4.14. The van der Waals surface area contributed by atoms with Gasteiger partial charge >= 0.3 is 24.8 Å². The second kappa shape index (κ2) is 6.78. The molecule has 90 valence electrons. The molecule has 0 saturated carbocycles. The van der Waals surface area contributed by atoms with Crippen molar-refractivity contribution in [3.05, 3.63) is 23.7 Å². The molecule has 17 heavy (non-hydrogen) atoms. The minimum atomic E-state index is -0.448. The fourth-order valence-corrected chi connectivity index (χ4v) is 1.49. The molecule has 1 unspecified atom stereocenters. The molecule has 0 aromatic rings. The molecule has 0 bridgehead atoms. The summed E-state index contributed by atoms with van der Waals surface area (Å²) in [7, 11) is 0. The van der Waals surface area contributed by atoms with Crippen LogP contribution >= 0.6 is 0 Å². The minimum Gasteiger partial charge on any atom is -0.603 e. The maximum atomic E-state index is 11.0. The Morgan fingerprint density at radius 3 is 2.71 bits per heavy atom. The monoisotopic (exact) mass is 232 g/mol. The summed E-state index contributed by atoms with van der Waals surface area (Å²) in [6.45, 7) is 5.80. The van der Waals surface area contributed by atoms with Gasteiger partial charge in [0.05, 0.1) is 12.6 Å². The van der Waals surface area contributed by atoms with Crippen molar-refractivity contribution in [2.45, 2.75) is 39.2 Å². The van der Waals surface area contributed by atoms with Gasteiger partial charge in [-0.1, -0.05) is 6.08 Å². The van der Waals surface area contributed by atoms with Gasteiger partial charge in [0.2, 0.25) is 0 Å². The maximum Gasteiger partial charge on any atom is 1.00 e. The van der Waals surface area contributed by atoms with Crippen LogP contribution in [0.2, 0.25) is 0 Å². The van der Waals surface area contributed by atoms with Gasteiger partial charge < -0.3 is 14.6 Å². The zero-order valence-corrected chi connectivity index (χ0v) is 10.9. The zero-order valence-electron chi connectivity index (χ0n) is 10.9. The Kier molecular flexibility index (Phi) is 6.44. The van der Waals surface area contributed by atoms with Crippen LogP contribution in [0.4, 0.5) is 0 Å². The van der Waals surface area contributed by atoms with Crippen LogP contribution in [0.15, 0.2) is 23.7 Å². The summed E-state index contributed by atoms with van der Waals surface area (Å²) in [5.41, 5.74) is 0.299. The van der Waals surface area contributed by atoms with Gasteiger partial charge in [-0.15, -0.1) is 0 Å². The number of carbonyl (C=O) groups excluding carboxylic acids is 1. The quantitative estimate of drug-likeness (QED) is 0.321. The van der Waals surface area contributed by atoms with Crippen molar-refractivity contribution in [2.24, 2.45) is 0 Å². The molecule has 0 fully saturated rings. The van der Waals surface area contributed by atoms with Crippen LogP contribution in [0.1, 0.15) is 33.6 Å². The third-order valence-corrected chi connectivity index (χ3v) is 2.75. The maximum absolute atomic E-state index is 11.0. The molecule has 0 saturated heterocycles. The first-order valence-corrected chi connectivity index (χ1v) is 5.40. The molecular formula is C12H17LiO4. The number of hydrogen-bond acceptors (Lipinski definition) is 4. The number of allylic oxidation sites excluding steroid dienone is 1. The predicted molar refractivity (Wildman–Crippen MR) is 57.2 cm³/mol. The summed E-state index contributed by atoms with van der Waals surface area (Å²) in [4.78, 5) is 11.0. The molecule has 1 aliphatic rings. The van der Waals surface area contributed by atoms with E-state index in [1.165, 1.54) is 6.08 Å². The Hall–Kier alpha value is -0.853. The van der Waals surface area contributed by atoms with Gasteiger partial charge in [0.15, 0.2) is 0 Å². The summed E-state index contributed by atoms with van der Waals surface area (Å²) in [6, 6.07) is 0. The number of rotatable bonds is 5. The first kappa shape index (κ1) is 16.1. The summed E-state index contributed by atoms with van der Waals surface area (Å²) < 4.78 is 9.80. The second-order valence-corrected chi connectivity index (χ2v) is 3.94. The van der Waals surface area contributed by atoms with Crippen LogP contribution in [0, 0.1) is 0 Å². The molecule has 0 aromatic carbocycles. The summed E-state index contributed by atoms with van der Waals surface area (Å²) in [5.74, 6) is -0.559. The number of carbonyl (C=O) groups is 1. The Bertz CT molecular complexity index is 335. The number of ether oxygens (including phenoxy) is 2. The van der Waals surface area contributed by atoms with E-state index in [9.17, 15) is 9.90 Å². The minimum absolute atomic E-state index is 0. The molecule has 1 rings (SSSR count). The van der Waals surface area contributed by atoms with E-state index in [1.807, 2.05) is 6.92 Å². The zero-order chi connectivity index (χ0) is 12.2. The van der Waals surface area contributed by atoms with E-state index in [0.717, 1.165) is 5.57 Å². The van der Waals surface area contributed by atoms with Gasteiger partial charge in [-0.25, -0.2) is 4.79 Å². The molecule has 0 spiro atoms. The molecule has 1 aliphatic heterocycles. The van der Waals surface area contributed by atoms with Gasteiger partial charge in [0.1, 0.15) is 0 Å². The topological polar surface area (TPSA) is 58.6 Å². The van der Waals surface area contributed by atoms with Crippen LogP contribution in [0.5, 0.6) is 0 Å². The Morgan fingerprint density at radius 2 is 2.24 bits per heavy atom. The van der Waals surface area contributed by atoms with Crippen molar-refractivity contribution in [1.29, 1.82) is 0 Å². The number of esters is 1. The molecule has 0 aromatic heterocycles. The fraction of sp³-hybridized carbons (Fsp3) is 0.583. The molecule has 1 atom stereocenters. The van der Waals surface area contributed by atoms with Crippen LogP contribution < -0.4 is 24.0 Å². The van der Waals surface area contributed by atoms with Crippen LogP contribution in [0.25, 0.3) is 0 Å². The summed E-state index contributed by atoms with van der Waals surface area (Å²) in [6.07, 6.45) is 4.52. The summed E-state index contributed by atoms with van der Waals surface area (Å²) >= 11 is 0. The summed E-state index contributed by atoms with van der Waals surface area (Å²) in [5, 5.41) is 10.9. The van der Waals surface area contributed by atoms with Crippen molar-refractivity contribution in [3.8, 4) is 0 Å². The first-order valence-electron chi connectivity index (χ1n) is 5.40. The van der Waals surface area contributed by atoms with Gasteiger partial charge in [-0.05, 0) is 39.2 Å². The van der Waals surface area contributed by atoms with Gasteiger partial charge in [0.25, 0.3) is 0 Å². The van der Waals surface area contributed by atoms with E-state index in [1.54, 1.807) is 19.9 Å². The molecule has 0 radical (unpaired) electrons. The predicted octanol–water partition coefficient (Wildman–Crippen LogP) is -1.73. The van der Waals surface area contributed by atoms with Crippen molar-refractivity contribution < 1.29 is 38.2 Å². The molecule has 1 heterocycles. The Morgan fingerprint density at radius 1 is 1.59 bits per heavy atom. The Balaban J connectivity index is 0.00000256. The van der Waals surface area contributed by atoms with Gasteiger partial charge in [0, 0.05) is 11.7 Å². The normalized spacial score (nSPS) is 22.8. The van der Waals surface area contributed by atoms with Crippen LogP contribution in [-0.2, 0) is 14.3 Å². The average Bonchev–Trinajstić information content (AvgIpc) is 2.24. The van der Waals surface area contributed by atoms with E-state index >= 15 is 0 Å². The molecular weight excluding hydrogens is 215 g/mol. The van der Waals surface area contributed by atoms with Crippen LogP contribution in [0.3, 0.4) is 0 Å². The first-order chi connectivity index (χ1) is 7.49. The average molecular weight is 232 g/mol. The van der Waals surface area contributed by atoms with Gasteiger partial charge in [-0.3, -0.25) is 0 Å². The molecule has 0 N–H and O–H groups in total. The molecule has 4 nitrogen and oxygen atoms in total. The van der Waals surface area contributed by atoms with Crippen molar-refractivity contribution in [1.82, 2.24) is 0 Å². The van der Waals surface area contributed by atoms with E-state index in [-0.39, 0.29) is 30.8 Å². The largest absolute Gasteiger partial charge is 1.00 e. The fourth-order valence-electron chi connectivity index (χ4n) is 1.49. The van der Waals surface area contributed by atoms with Crippen LogP contribution in [-0.4, -0.2) is 18.2 Å². The smallest absolute Gasteiger partial charge is 0.603 e. The van der Waals surface area contributed by atoms with E-state index in [0.29, 0.717) is 19.4 Å². The SMILES string of the molecule is CCOC(=O)/C=C/CCC1(C)OC([O-])=C1C.[Li+]. The second-order valence-electron chi connectivity index (χ2n) is 3.94. The molecule has 5 heteroatoms. The number of hydrogen-bond donors (Lipinski definition) is 0. The van der Waals surface area contributed by atoms with Gasteiger partial charge in [-0.2, -0.15) is 0 Å². The third-order valence-electron chi connectivity index (χ3n) is 2.75. The molecule has 0 aliphatic carbocycles. The molecule has 0 amide bonds. The standard InChI is InChI=1S/C12H18O4.Li/c1-4-15-10(13)7-5-6-8-12(3)9(2)11(14)16-12;/h5,7,14H,4,6,8H2,1-3H3;/q;+1/p-1/b7-5+;. The Labute approximate surface area is 114 Å². The van der Waals surface area contributed by atoms with E-state index < -0.39 is 5.60 Å². The van der Waals surface area contributed by atoms with Crippen molar-refractivity contribution >= 4 is 5.97 Å². The van der Waals surface area contributed by atoms with E-state index in [4.69, 9.17) is 9.47 Å².